The minimum absolute atomic E-state index is 0.862. The van der Waals surface area contributed by atoms with Gasteiger partial charge in [0.1, 0.15) is 22.6 Å². The highest BCUT2D eigenvalue weighted by Crippen LogP contribution is 2.33. The lowest BCUT2D eigenvalue weighted by Crippen LogP contribution is -1.94. The van der Waals surface area contributed by atoms with Crippen LogP contribution in [0.15, 0.2) is 146 Å². The van der Waals surface area contributed by atoms with Crippen LogP contribution in [0.1, 0.15) is 0 Å². The maximum absolute atomic E-state index is 5.43. The van der Waals surface area contributed by atoms with E-state index in [1.807, 2.05) is 18.2 Å². The van der Waals surface area contributed by atoms with Crippen LogP contribution in [0.2, 0.25) is 0 Å². The summed E-state index contributed by atoms with van der Waals surface area (Å²) >= 11 is 0. The number of hydrogen-bond acceptors (Lipinski definition) is 3. The SMILES string of the molecule is c1ccc(-c2nc3ccc4cc3n2c2cccc(c2)c2nc3c(cccc3n3c5ccccc5nc43)n2-c2ccccc2)cc1. The van der Waals surface area contributed by atoms with Gasteiger partial charge < -0.3 is 0 Å². The Bertz CT molecular complexity index is 2810. The van der Waals surface area contributed by atoms with Gasteiger partial charge in [0, 0.05) is 27.5 Å². The Labute approximate surface area is 256 Å². The van der Waals surface area contributed by atoms with Crippen LogP contribution in [0.3, 0.4) is 0 Å². The number of para-hydroxylation sites is 4. The van der Waals surface area contributed by atoms with E-state index in [9.17, 15) is 0 Å². The predicted octanol–water partition coefficient (Wildman–Crippen LogP) is 9.16. The molecule has 0 spiro atoms. The fourth-order valence-electron chi connectivity index (χ4n) is 6.80. The molecule has 6 aromatic carbocycles. The molecule has 0 fully saturated rings. The first kappa shape index (κ1) is 24.2. The van der Waals surface area contributed by atoms with Crippen molar-refractivity contribution in [3.05, 3.63) is 146 Å². The molecule has 210 valence electrons. The fourth-order valence-corrected chi connectivity index (χ4v) is 6.80. The second-order valence-corrected chi connectivity index (χ2v) is 11.4. The molecule has 0 unspecified atom stereocenters. The highest BCUT2D eigenvalue weighted by molar-refractivity contribution is 6.02. The van der Waals surface area contributed by atoms with Crippen LogP contribution in [-0.4, -0.2) is 28.3 Å². The van der Waals surface area contributed by atoms with Crippen LogP contribution in [0.4, 0.5) is 0 Å². The van der Waals surface area contributed by atoms with Crippen LogP contribution in [0.25, 0.3) is 83.3 Å². The highest BCUT2D eigenvalue weighted by atomic mass is 15.1. The van der Waals surface area contributed by atoms with E-state index in [2.05, 4.69) is 141 Å². The Kier molecular flexibility index (Phi) is 4.90. The Hall–Kier alpha value is -6.27. The van der Waals surface area contributed by atoms with Crippen LogP contribution in [-0.2, 0) is 0 Å². The van der Waals surface area contributed by atoms with E-state index < -0.39 is 0 Å². The first-order chi connectivity index (χ1) is 22.3. The molecule has 0 atom stereocenters. The van der Waals surface area contributed by atoms with Gasteiger partial charge in [-0.05, 0) is 66.7 Å². The van der Waals surface area contributed by atoms with Crippen LogP contribution < -0.4 is 0 Å². The molecule has 10 aromatic rings. The molecule has 4 aromatic heterocycles. The normalized spacial score (nSPS) is 12.0. The number of imidazole rings is 3. The summed E-state index contributed by atoms with van der Waals surface area (Å²) in [6.07, 6.45) is 0. The average molecular weight is 577 g/mol. The molecule has 6 bridgehead atoms. The van der Waals surface area contributed by atoms with E-state index >= 15 is 0 Å². The highest BCUT2D eigenvalue weighted by Gasteiger charge is 2.17. The molecule has 0 saturated carbocycles. The zero-order valence-electron chi connectivity index (χ0n) is 24.0. The third-order valence-electron chi connectivity index (χ3n) is 8.79. The zero-order valence-corrected chi connectivity index (χ0v) is 24.0. The molecule has 0 saturated heterocycles. The Morgan fingerprint density at radius 1 is 0.422 bits per heavy atom. The molecule has 4 heterocycles. The molecule has 10 rings (SSSR count). The van der Waals surface area contributed by atoms with Gasteiger partial charge in [0.15, 0.2) is 0 Å². The summed E-state index contributed by atoms with van der Waals surface area (Å²) in [6, 6.07) is 50.7. The average Bonchev–Trinajstić information content (AvgIpc) is 3.80. The summed E-state index contributed by atoms with van der Waals surface area (Å²) in [5.74, 6) is 0.890. The second-order valence-electron chi connectivity index (χ2n) is 11.4. The van der Waals surface area contributed by atoms with Crippen molar-refractivity contribution in [3.8, 4) is 17.1 Å². The largest absolute Gasteiger partial charge is 0.292 e. The fraction of sp³-hybridized carbons (Fsp3) is 0. The number of rotatable bonds is 2. The molecule has 6 heteroatoms. The number of fused-ring (bicyclic) bond motifs is 11. The smallest absolute Gasteiger partial charge is 0.145 e. The number of aromatic nitrogens is 6. The summed E-state index contributed by atoms with van der Waals surface area (Å²) in [5, 5.41) is 2.03. The first-order valence-electron chi connectivity index (χ1n) is 15.1. The van der Waals surface area contributed by atoms with Crippen molar-refractivity contribution in [2.75, 3.05) is 0 Å². The molecule has 45 heavy (non-hydrogen) atoms. The molecule has 0 aliphatic rings. The van der Waals surface area contributed by atoms with Gasteiger partial charge in [0.25, 0.3) is 0 Å². The van der Waals surface area contributed by atoms with Crippen LogP contribution in [0.5, 0.6) is 0 Å². The van der Waals surface area contributed by atoms with E-state index in [0.29, 0.717) is 0 Å². The zero-order chi connectivity index (χ0) is 29.5. The molecule has 0 aliphatic heterocycles. The van der Waals surface area contributed by atoms with Gasteiger partial charge >= 0.3 is 0 Å². The van der Waals surface area contributed by atoms with Gasteiger partial charge in [-0.2, -0.15) is 0 Å². The van der Waals surface area contributed by atoms with Crippen LogP contribution >= 0.6 is 0 Å². The van der Waals surface area contributed by atoms with Crippen molar-refractivity contribution < 1.29 is 0 Å². The van der Waals surface area contributed by atoms with E-state index in [4.69, 9.17) is 15.0 Å². The van der Waals surface area contributed by atoms with Gasteiger partial charge in [-0.15, -0.1) is 0 Å². The van der Waals surface area contributed by atoms with Crippen LogP contribution in [0, 0.1) is 0 Å². The molecular formula is C39H24N6. The van der Waals surface area contributed by atoms with Crippen molar-refractivity contribution in [1.82, 2.24) is 28.3 Å². The van der Waals surface area contributed by atoms with E-state index in [1.165, 1.54) is 0 Å². The van der Waals surface area contributed by atoms with Gasteiger partial charge in [0.05, 0.1) is 33.1 Å². The maximum Gasteiger partial charge on any atom is 0.145 e. The van der Waals surface area contributed by atoms with Gasteiger partial charge in [-0.25, -0.2) is 15.0 Å². The first-order valence-corrected chi connectivity index (χ1v) is 15.1. The summed E-state index contributed by atoms with van der Waals surface area (Å²) in [7, 11) is 0. The molecular weight excluding hydrogens is 552 g/mol. The van der Waals surface area contributed by atoms with Crippen molar-refractivity contribution >= 4 is 66.2 Å². The summed E-state index contributed by atoms with van der Waals surface area (Å²) in [5.41, 5.74) is 11.7. The topological polar surface area (TPSA) is 52.4 Å². The molecule has 0 aliphatic carbocycles. The molecule has 0 amide bonds. The molecule has 0 radical (unpaired) electrons. The molecule has 0 N–H and O–H groups in total. The van der Waals surface area contributed by atoms with Crippen molar-refractivity contribution in [2.45, 2.75) is 0 Å². The summed E-state index contributed by atoms with van der Waals surface area (Å²) in [6.45, 7) is 0. The lowest BCUT2D eigenvalue weighted by molar-refractivity contribution is 1.17. The van der Waals surface area contributed by atoms with Gasteiger partial charge in [0.2, 0.25) is 0 Å². The number of hydrogen-bond donors (Lipinski definition) is 0. The van der Waals surface area contributed by atoms with Gasteiger partial charge in [-0.3, -0.25) is 13.4 Å². The predicted molar refractivity (Wildman–Crippen MR) is 183 cm³/mol. The lowest BCUT2D eigenvalue weighted by Gasteiger charge is -2.08. The third-order valence-corrected chi connectivity index (χ3v) is 8.79. The Morgan fingerprint density at radius 2 is 1.13 bits per heavy atom. The van der Waals surface area contributed by atoms with Crippen molar-refractivity contribution in [1.29, 1.82) is 0 Å². The molecule has 6 nitrogen and oxygen atoms in total. The Balaban J connectivity index is 1.54. The Morgan fingerprint density at radius 3 is 2.02 bits per heavy atom. The minimum atomic E-state index is 0.862. The monoisotopic (exact) mass is 576 g/mol. The van der Waals surface area contributed by atoms with Crippen molar-refractivity contribution in [2.24, 2.45) is 0 Å². The summed E-state index contributed by atoms with van der Waals surface area (Å²) < 4.78 is 6.79. The third kappa shape index (κ3) is 3.48. The van der Waals surface area contributed by atoms with Gasteiger partial charge in [-0.1, -0.05) is 78.9 Å². The minimum Gasteiger partial charge on any atom is -0.292 e. The quantitative estimate of drug-likeness (QED) is 0.206. The number of nitrogens with zero attached hydrogens (tertiary/aromatic N) is 6. The lowest BCUT2D eigenvalue weighted by atomic mass is 10.2. The summed E-state index contributed by atoms with van der Waals surface area (Å²) in [4.78, 5) is 15.8. The van der Waals surface area contributed by atoms with E-state index in [0.717, 1.165) is 83.3 Å². The second kappa shape index (κ2) is 9.11. The maximum atomic E-state index is 5.43. The van der Waals surface area contributed by atoms with E-state index in [-0.39, 0.29) is 0 Å². The van der Waals surface area contributed by atoms with Crippen molar-refractivity contribution in [3.63, 3.8) is 0 Å². The number of benzene rings is 6. The van der Waals surface area contributed by atoms with E-state index in [1.54, 1.807) is 0 Å². The standard InChI is InChI=1S/C39H24N6/c1-3-11-25(12-4-1)37-41-31-22-21-27-24-35(31)44(37)29-16-9-13-26(23-29)39-42-36-33(43(39)28-14-5-2-6-15-28)19-10-20-34(36)45-32-18-8-7-17-30(32)40-38(27)45/h1-24H.